The minimum Gasteiger partial charge on any atom is -0.366 e. The molecule has 1 amide bonds. The standard InChI is InChI=1S/C19H15F2N3O2/c1-4-13(25)18-16(21)10(5-6-23-18)15-12(20)7-11(19(22)26)17-14(15)8(2)9(3)24-17/h4-7,24H,1H2,2-3H3,(H2,22,26). The predicted octanol–water partition coefficient (Wildman–Crippen LogP) is 3.59. The Bertz CT molecular complexity index is 1100. The number of pyridine rings is 1. The molecular formula is C19H15F2N3O2. The van der Waals surface area contributed by atoms with Crippen LogP contribution in [0.25, 0.3) is 22.0 Å². The highest BCUT2D eigenvalue weighted by Crippen LogP contribution is 2.38. The number of aromatic nitrogens is 2. The number of nitrogens with two attached hydrogens (primary N) is 1. The second-order valence-corrected chi connectivity index (χ2v) is 5.86. The summed E-state index contributed by atoms with van der Waals surface area (Å²) in [6.07, 6.45) is 2.15. The number of nitrogens with zero attached hydrogens (tertiary/aromatic N) is 1. The van der Waals surface area contributed by atoms with E-state index in [-0.39, 0.29) is 16.7 Å². The van der Waals surface area contributed by atoms with Gasteiger partial charge in [0.2, 0.25) is 5.78 Å². The van der Waals surface area contributed by atoms with Gasteiger partial charge in [-0.2, -0.15) is 0 Å². The van der Waals surface area contributed by atoms with Crippen LogP contribution >= 0.6 is 0 Å². The molecule has 0 unspecified atom stereocenters. The summed E-state index contributed by atoms with van der Waals surface area (Å²) in [5.41, 5.74) is 6.31. The summed E-state index contributed by atoms with van der Waals surface area (Å²) >= 11 is 0. The van der Waals surface area contributed by atoms with E-state index in [0.717, 1.165) is 12.1 Å². The molecule has 0 aliphatic carbocycles. The van der Waals surface area contributed by atoms with Crippen molar-refractivity contribution in [1.82, 2.24) is 9.97 Å². The third-order valence-corrected chi connectivity index (χ3v) is 4.37. The Kier molecular flexibility index (Phi) is 4.15. The molecule has 0 aliphatic heterocycles. The molecule has 0 spiro atoms. The van der Waals surface area contributed by atoms with Crippen molar-refractivity contribution in [2.24, 2.45) is 5.73 Å². The number of primary amides is 1. The molecule has 2 heterocycles. The lowest BCUT2D eigenvalue weighted by atomic mass is 9.95. The van der Waals surface area contributed by atoms with Crippen LogP contribution in [0, 0.1) is 25.5 Å². The number of halogens is 2. The lowest BCUT2D eigenvalue weighted by Gasteiger charge is -2.11. The molecule has 26 heavy (non-hydrogen) atoms. The van der Waals surface area contributed by atoms with E-state index in [1.165, 1.54) is 12.3 Å². The molecule has 0 atom stereocenters. The molecule has 5 nitrogen and oxygen atoms in total. The van der Waals surface area contributed by atoms with Crippen molar-refractivity contribution in [1.29, 1.82) is 0 Å². The smallest absolute Gasteiger partial charge is 0.250 e. The highest BCUT2D eigenvalue weighted by Gasteiger charge is 2.24. The summed E-state index contributed by atoms with van der Waals surface area (Å²) in [7, 11) is 0. The summed E-state index contributed by atoms with van der Waals surface area (Å²) in [5.74, 6) is -3.30. The first-order valence-electron chi connectivity index (χ1n) is 7.70. The number of fused-ring (bicyclic) bond motifs is 1. The Hall–Kier alpha value is -3.35. The maximum Gasteiger partial charge on any atom is 0.250 e. The SMILES string of the molecule is C=CC(=O)c1nccc(-c2c(F)cc(C(N)=O)c3[nH]c(C)c(C)c23)c1F. The first kappa shape index (κ1) is 17.5. The highest BCUT2D eigenvalue weighted by molar-refractivity contribution is 6.11. The Morgan fingerprint density at radius 1 is 1.31 bits per heavy atom. The van der Waals surface area contributed by atoms with Crippen molar-refractivity contribution < 1.29 is 18.4 Å². The number of allylic oxidation sites excluding steroid dienone is 1. The van der Waals surface area contributed by atoms with Crippen LogP contribution in [0.2, 0.25) is 0 Å². The highest BCUT2D eigenvalue weighted by atomic mass is 19.1. The molecule has 0 fully saturated rings. The summed E-state index contributed by atoms with van der Waals surface area (Å²) in [6, 6.07) is 2.24. The minimum absolute atomic E-state index is 0.0331. The Morgan fingerprint density at radius 2 is 2.00 bits per heavy atom. The largest absolute Gasteiger partial charge is 0.366 e. The third-order valence-electron chi connectivity index (χ3n) is 4.37. The fraction of sp³-hybridized carbons (Fsp3) is 0.105. The number of rotatable bonds is 4. The van der Waals surface area contributed by atoms with Gasteiger partial charge in [0.15, 0.2) is 5.82 Å². The van der Waals surface area contributed by atoms with Gasteiger partial charge in [-0.1, -0.05) is 6.58 Å². The van der Waals surface area contributed by atoms with E-state index in [4.69, 9.17) is 5.73 Å². The number of aryl methyl sites for hydroxylation is 2. The number of hydrogen-bond donors (Lipinski definition) is 2. The molecule has 2 aromatic heterocycles. The van der Waals surface area contributed by atoms with E-state index in [1.807, 2.05) is 0 Å². The number of carbonyl (C=O) groups excluding carboxylic acids is 2. The number of hydrogen-bond acceptors (Lipinski definition) is 3. The van der Waals surface area contributed by atoms with Gasteiger partial charge >= 0.3 is 0 Å². The van der Waals surface area contributed by atoms with Crippen LogP contribution in [0.3, 0.4) is 0 Å². The molecule has 0 saturated carbocycles. The molecule has 0 saturated heterocycles. The second-order valence-electron chi connectivity index (χ2n) is 5.86. The second kappa shape index (κ2) is 6.18. The lowest BCUT2D eigenvalue weighted by Crippen LogP contribution is -2.12. The number of H-pyrrole nitrogens is 1. The van der Waals surface area contributed by atoms with E-state index in [0.29, 0.717) is 22.2 Å². The van der Waals surface area contributed by atoms with Gasteiger partial charge in [-0.25, -0.2) is 13.8 Å². The van der Waals surface area contributed by atoms with E-state index >= 15 is 0 Å². The van der Waals surface area contributed by atoms with Crippen molar-refractivity contribution in [3.8, 4) is 11.1 Å². The molecular weight excluding hydrogens is 340 g/mol. The van der Waals surface area contributed by atoms with Crippen molar-refractivity contribution >= 4 is 22.6 Å². The van der Waals surface area contributed by atoms with Gasteiger partial charge in [0.25, 0.3) is 5.91 Å². The fourth-order valence-electron chi connectivity index (χ4n) is 2.99. The quantitative estimate of drug-likeness (QED) is 0.554. The van der Waals surface area contributed by atoms with Crippen LogP contribution < -0.4 is 5.73 Å². The predicted molar refractivity (Wildman–Crippen MR) is 94.0 cm³/mol. The number of benzene rings is 1. The Labute approximate surface area is 147 Å². The van der Waals surface area contributed by atoms with Crippen LogP contribution in [-0.2, 0) is 0 Å². The Morgan fingerprint density at radius 3 is 2.62 bits per heavy atom. The van der Waals surface area contributed by atoms with Gasteiger partial charge in [-0.15, -0.1) is 0 Å². The van der Waals surface area contributed by atoms with Gasteiger partial charge in [0.1, 0.15) is 11.5 Å². The van der Waals surface area contributed by atoms with Crippen molar-refractivity contribution in [3.63, 3.8) is 0 Å². The van der Waals surface area contributed by atoms with E-state index < -0.39 is 29.0 Å². The van der Waals surface area contributed by atoms with Crippen molar-refractivity contribution in [2.45, 2.75) is 13.8 Å². The number of aromatic amines is 1. The normalized spacial score (nSPS) is 10.9. The fourth-order valence-corrected chi connectivity index (χ4v) is 2.99. The zero-order chi connectivity index (χ0) is 19.2. The molecule has 1 aromatic carbocycles. The van der Waals surface area contributed by atoms with Crippen LogP contribution in [0.5, 0.6) is 0 Å². The van der Waals surface area contributed by atoms with Crippen LogP contribution in [0.1, 0.15) is 32.1 Å². The minimum atomic E-state index is -0.956. The zero-order valence-corrected chi connectivity index (χ0v) is 14.1. The van der Waals surface area contributed by atoms with E-state index in [2.05, 4.69) is 16.5 Å². The monoisotopic (exact) mass is 355 g/mol. The summed E-state index contributed by atoms with van der Waals surface area (Å²) in [5, 5.41) is 0.332. The summed E-state index contributed by atoms with van der Waals surface area (Å²) in [6.45, 7) is 6.78. The molecule has 3 N–H and O–H groups in total. The van der Waals surface area contributed by atoms with Crippen molar-refractivity contribution in [3.05, 3.63) is 65.1 Å². The van der Waals surface area contributed by atoms with Gasteiger partial charge in [0.05, 0.1) is 11.1 Å². The van der Waals surface area contributed by atoms with Crippen LogP contribution in [0.4, 0.5) is 8.78 Å². The average Bonchev–Trinajstić information content (AvgIpc) is 2.89. The number of nitrogens with one attached hydrogen (secondary N) is 1. The van der Waals surface area contributed by atoms with Crippen LogP contribution in [-0.4, -0.2) is 21.7 Å². The van der Waals surface area contributed by atoms with Crippen molar-refractivity contribution in [2.75, 3.05) is 0 Å². The molecule has 3 aromatic rings. The molecule has 0 aliphatic rings. The molecule has 7 heteroatoms. The molecule has 132 valence electrons. The maximum absolute atomic E-state index is 14.9. The first-order chi connectivity index (χ1) is 12.3. The van der Waals surface area contributed by atoms with Gasteiger partial charge < -0.3 is 10.7 Å². The van der Waals surface area contributed by atoms with Crippen LogP contribution in [0.15, 0.2) is 31.0 Å². The number of carbonyl (C=O) groups is 2. The molecule has 0 radical (unpaired) electrons. The molecule has 0 bridgehead atoms. The Balaban J connectivity index is 2.46. The maximum atomic E-state index is 14.9. The third kappa shape index (κ3) is 2.48. The lowest BCUT2D eigenvalue weighted by molar-refractivity contribution is 0.0999. The van der Waals surface area contributed by atoms with E-state index in [9.17, 15) is 18.4 Å². The topological polar surface area (TPSA) is 88.8 Å². The number of ketones is 1. The average molecular weight is 355 g/mol. The van der Waals surface area contributed by atoms with E-state index in [1.54, 1.807) is 13.8 Å². The number of amides is 1. The summed E-state index contributed by atoms with van der Waals surface area (Å²) < 4.78 is 29.8. The van der Waals surface area contributed by atoms with Gasteiger partial charge in [0, 0.05) is 28.4 Å². The first-order valence-corrected chi connectivity index (χ1v) is 7.70. The zero-order valence-electron chi connectivity index (χ0n) is 14.1. The summed E-state index contributed by atoms with van der Waals surface area (Å²) in [4.78, 5) is 30.2. The molecule has 3 rings (SSSR count). The van der Waals surface area contributed by atoms with Gasteiger partial charge in [-0.05, 0) is 37.6 Å². The van der Waals surface area contributed by atoms with Gasteiger partial charge in [-0.3, -0.25) is 9.59 Å².